The standard InChI is InChI=1S/C13H9ClN4O2S/c14-12-7-13(17-8-16-12)18-21(19,20)11-5-1-4-10-9(11)3-2-6-15-10/h1-8H,(H,16,17,18). The number of pyridine rings is 1. The lowest BCUT2D eigenvalue weighted by Gasteiger charge is -2.09. The van der Waals surface area contributed by atoms with E-state index in [1.807, 2.05) is 0 Å². The van der Waals surface area contributed by atoms with E-state index in [0.717, 1.165) is 0 Å². The van der Waals surface area contributed by atoms with E-state index in [1.165, 1.54) is 18.5 Å². The highest BCUT2D eigenvalue weighted by atomic mass is 35.5. The topological polar surface area (TPSA) is 84.8 Å². The van der Waals surface area contributed by atoms with Gasteiger partial charge >= 0.3 is 0 Å². The SMILES string of the molecule is O=S(=O)(Nc1cc(Cl)ncn1)c1cccc2ncccc12. The molecule has 0 atom stereocenters. The van der Waals surface area contributed by atoms with Gasteiger partial charge in [-0.15, -0.1) is 0 Å². The molecular weight excluding hydrogens is 312 g/mol. The summed E-state index contributed by atoms with van der Waals surface area (Å²) in [6, 6.07) is 9.61. The van der Waals surface area contributed by atoms with E-state index in [2.05, 4.69) is 19.7 Å². The first-order valence-corrected chi connectivity index (χ1v) is 7.76. The maximum atomic E-state index is 12.5. The Morgan fingerprint density at radius 3 is 2.71 bits per heavy atom. The highest BCUT2D eigenvalue weighted by molar-refractivity contribution is 7.93. The fourth-order valence-corrected chi connectivity index (χ4v) is 3.26. The number of benzene rings is 1. The molecule has 8 heteroatoms. The average Bonchev–Trinajstić information content (AvgIpc) is 2.46. The van der Waals surface area contributed by atoms with Gasteiger partial charge in [-0.05, 0) is 24.3 Å². The van der Waals surface area contributed by atoms with Crippen LogP contribution in [0.5, 0.6) is 0 Å². The van der Waals surface area contributed by atoms with E-state index in [9.17, 15) is 8.42 Å². The predicted octanol–water partition coefficient (Wildman–Crippen LogP) is 2.48. The van der Waals surface area contributed by atoms with Gasteiger partial charge in [-0.2, -0.15) is 0 Å². The summed E-state index contributed by atoms with van der Waals surface area (Å²) >= 11 is 5.72. The molecule has 0 radical (unpaired) electrons. The number of hydrogen-bond acceptors (Lipinski definition) is 5. The Hall–Kier alpha value is -2.25. The quantitative estimate of drug-likeness (QED) is 0.749. The number of halogens is 1. The molecule has 6 nitrogen and oxygen atoms in total. The van der Waals surface area contributed by atoms with Gasteiger partial charge in [0.15, 0.2) is 0 Å². The van der Waals surface area contributed by atoms with E-state index >= 15 is 0 Å². The average molecular weight is 321 g/mol. The molecule has 0 spiro atoms. The van der Waals surface area contributed by atoms with Crippen LogP contribution in [0.4, 0.5) is 5.82 Å². The minimum Gasteiger partial charge on any atom is -0.263 e. The normalized spacial score (nSPS) is 11.5. The molecule has 0 aliphatic heterocycles. The largest absolute Gasteiger partial charge is 0.263 e. The van der Waals surface area contributed by atoms with Gasteiger partial charge in [0, 0.05) is 17.6 Å². The Kier molecular flexibility index (Phi) is 3.44. The molecular formula is C13H9ClN4O2S. The molecule has 1 N–H and O–H groups in total. The van der Waals surface area contributed by atoms with E-state index in [4.69, 9.17) is 11.6 Å². The van der Waals surface area contributed by atoms with Gasteiger partial charge in [0.1, 0.15) is 17.3 Å². The maximum absolute atomic E-state index is 12.5. The zero-order valence-electron chi connectivity index (χ0n) is 10.6. The van der Waals surface area contributed by atoms with E-state index in [1.54, 1.807) is 30.5 Å². The van der Waals surface area contributed by atoms with Crippen LogP contribution in [0.1, 0.15) is 0 Å². The van der Waals surface area contributed by atoms with Crippen LogP contribution < -0.4 is 4.72 Å². The number of anilines is 1. The third-order valence-corrected chi connectivity index (χ3v) is 4.39. The van der Waals surface area contributed by atoms with Gasteiger partial charge in [-0.25, -0.2) is 18.4 Å². The summed E-state index contributed by atoms with van der Waals surface area (Å²) < 4.78 is 27.3. The lowest BCUT2D eigenvalue weighted by atomic mass is 10.2. The number of sulfonamides is 1. The van der Waals surface area contributed by atoms with Crippen molar-refractivity contribution in [2.24, 2.45) is 0 Å². The molecule has 2 aromatic heterocycles. The van der Waals surface area contributed by atoms with E-state index in [-0.39, 0.29) is 15.9 Å². The lowest BCUT2D eigenvalue weighted by molar-refractivity contribution is 0.602. The van der Waals surface area contributed by atoms with Gasteiger partial charge in [0.05, 0.1) is 10.4 Å². The Bertz CT molecular complexity index is 909. The van der Waals surface area contributed by atoms with Crippen molar-refractivity contribution < 1.29 is 8.42 Å². The lowest BCUT2D eigenvalue weighted by Crippen LogP contribution is -2.14. The highest BCUT2D eigenvalue weighted by Gasteiger charge is 2.18. The molecule has 0 saturated carbocycles. The van der Waals surface area contributed by atoms with Gasteiger partial charge in [0.2, 0.25) is 0 Å². The summed E-state index contributed by atoms with van der Waals surface area (Å²) in [5.74, 6) is 0.107. The first-order chi connectivity index (χ1) is 10.1. The van der Waals surface area contributed by atoms with Crippen molar-refractivity contribution in [3.8, 4) is 0 Å². The molecule has 0 bridgehead atoms. The van der Waals surface area contributed by atoms with Crippen molar-refractivity contribution in [1.82, 2.24) is 15.0 Å². The Morgan fingerprint density at radius 2 is 1.90 bits per heavy atom. The first kappa shape index (κ1) is 13.7. The molecule has 0 fully saturated rings. The molecule has 0 amide bonds. The highest BCUT2D eigenvalue weighted by Crippen LogP contribution is 2.23. The van der Waals surface area contributed by atoms with Crippen molar-refractivity contribution in [1.29, 1.82) is 0 Å². The van der Waals surface area contributed by atoms with Crippen LogP contribution in [0.15, 0.2) is 53.8 Å². The van der Waals surface area contributed by atoms with Crippen LogP contribution in [-0.2, 0) is 10.0 Å². The summed E-state index contributed by atoms with van der Waals surface area (Å²) in [6.45, 7) is 0. The fraction of sp³-hybridized carbons (Fsp3) is 0. The summed E-state index contributed by atoms with van der Waals surface area (Å²) in [7, 11) is -3.80. The third kappa shape index (κ3) is 2.79. The fourth-order valence-electron chi connectivity index (χ4n) is 1.89. The first-order valence-electron chi connectivity index (χ1n) is 5.90. The van der Waals surface area contributed by atoms with Crippen molar-refractivity contribution in [2.45, 2.75) is 4.90 Å². The Balaban J connectivity index is 2.09. The van der Waals surface area contributed by atoms with Gasteiger partial charge < -0.3 is 0 Å². The Labute approximate surface area is 125 Å². The number of rotatable bonds is 3. The second-order valence-electron chi connectivity index (χ2n) is 4.16. The van der Waals surface area contributed by atoms with Crippen LogP contribution in [0.2, 0.25) is 5.15 Å². The van der Waals surface area contributed by atoms with Crippen molar-refractivity contribution in [3.63, 3.8) is 0 Å². The van der Waals surface area contributed by atoms with Crippen LogP contribution in [0.3, 0.4) is 0 Å². The minimum atomic E-state index is -3.80. The molecule has 0 saturated heterocycles. The molecule has 3 aromatic rings. The Morgan fingerprint density at radius 1 is 1.05 bits per heavy atom. The number of hydrogen-bond donors (Lipinski definition) is 1. The molecule has 3 rings (SSSR count). The number of nitrogens with zero attached hydrogens (tertiary/aromatic N) is 3. The van der Waals surface area contributed by atoms with Crippen LogP contribution in [0, 0.1) is 0 Å². The smallest absolute Gasteiger partial charge is 0.263 e. The van der Waals surface area contributed by atoms with Crippen LogP contribution in [-0.4, -0.2) is 23.4 Å². The second kappa shape index (κ2) is 5.27. The third-order valence-electron chi connectivity index (χ3n) is 2.77. The van der Waals surface area contributed by atoms with E-state index in [0.29, 0.717) is 10.9 Å². The van der Waals surface area contributed by atoms with Gasteiger partial charge in [-0.3, -0.25) is 9.71 Å². The molecule has 106 valence electrons. The summed E-state index contributed by atoms with van der Waals surface area (Å²) in [6.07, 6.45) is 2.79. The van der Waals surface area contributed by atoms with Crippen molar-refractivity contribution in [2.75, 3.05) is 4.72 Å². The number of aromatic nitrogens is 3. The molecule has 0 aliphatic carbocycles. The monoisotopic (exact) mass is 320 g/mol. The number of fused-ring (bicyclic) bond motifs is 1. The van der Waals surface area contributed by atoms with Gasteiger partial charge in [-0.1, -0.05) is 17.7 Å². The summed E-state index contributed by atoms with van der Waals surface area (Å²) in [5, 5.41) is 0.690. The van der Waals surface area contributed by atoms with Crippen molar-refractivity contribution in [3.05, 3.63) is 54.1 Å². The molecule has 2 heterocycles. The molecule has 0 aliphatic rings. The molecule has 0 unspecified atom stereocenters. The van der Waals surface area contributed by atoms with Gasteiger partial charge in [0.25, 0.3) is 10.0 Å². The zero-order chi connectivity index (χ0) is 14.9. The van der Waals surface area contributed by atoms with Crippen LogP contribution in [0.25, 0.3) is 10.9 Å². The molecule has 21 heavy (non-hydrogen) atoms. The number of nitrogens with one attached hydrogen (secondary N) is 1. The molecule has 1 aromatic carbocycles. The van der Waals surface area contributed by atoms with Crippen molar-refractivity contribution >= 4 is 38.3 Å². The predicted molar refractivity (Wildman–Crippen MR) is 79.6 cm³/mol. The maximum Gasteiger partial charge on any atom is 0.263 e. The second-order valence-corrected chi connectivity index (χ2v) is 6.20. The van der Waals surface area contributed by atoms with Crippen LogP contribution >= 0.6 is 11.6 Å². The minimum absolute atomic E-state index is 0.107. The zero-order valence-corrected chi connectivity index (χ0v) is 12.1. The summed E-state index contributed by atoms with van der Waals surface area (Å²) in [5.41, 5.74) is 0.598. The van der Waals surface area contributed by atoms with E-state index < -0.39 is 10.0 Å². The summed E-state index contributed by atoms with van der Waals surface area (Å²) in [4.78, 5) is 11.8.